The van der Waals surface area contributed by atoms with Crippen molar-refractivity contribution in [3.05, 3.63) is 64.0 Å². The number of benzene rings is 1. The third-order valence-electron chi connectivity index (χ3n) is 3.03. The van der Waals surface area contributed by atoms with E-state index in [-0.39, 0.29) is 5.91 Å². The van der Waals surface area contributed by atoms with Gasteiger partial charge in [-0.15, -0.1) is 11.3 Å². The fourth-order valence-corrected chi connectivity index (χ4v) is 3.12. The lowest BCUT2D eigenvalue weighted by Gasteiger charge is -2.01. The number of rotatable bonds is 5. The summed E-state index contributed by atoms with van der Waals surface area (Å²) in [6.45, 7) is 0.523. The molecule has 0 aliphatic heterocycles. The van der Waals surface area contributed by atoms with E-state index in [0.717, 1.165) is 20.7 Å². The molecule has 0 aliphatic carbocycles. The second-order valence-electron chi connectivity index (χ2n) is 4.65. The third-order valence-corrected chi connectivity index (χ3v) is 4.39. The van der Waals surface area contributed by atoms with Gasteiger partial charge in [-0.1, -0.05) is 30.3 Å². The van der Waals surface area contributed by atoms with Crippen LogP contribution < -0.4 is 5.32 Å². The summed E-state index contributed by atoms with van der Waals surface area (Å²) in [6, 6.07) is 11.7. The van der Waals surface area contributed by atoms with Crippen molar-refractivity contribution in [2.24, 2.45) is 0 Å². The molecule has 3 rings (SSSR count). The van der Waals surface area contributed by atoms with Gasteiger partial charge in [0.05, 0.1) is 10.2 Å². The first-order valence-corrected chi connectivity index (χ1v) is 8.42. The van der Waals surface area contributed by atoms with Crippen LogP contribution in [0.1, 0.15) is 16.2 Å². The van der Waals surface area contributed by atoms with Crippen molar-refractivity contribution in [3.63, 3.8) is 0 Å². The predicted molar refractivity (Wildman–Crippen MR) is 90.0 cm³/mol. The summed E-state index contributed by atoms with van der Waals surface area (Å²) in [6.07, 6.45) is 2.18. The van der Waals surface area contributed by atoms with E-state index in [1.165, 1.54) is 6.26 Å². The Bertz CT molecular complexity index is 767. The van der Waals surface area contributed by atoms with Gasteiger partial charge in [0.1, 0.15) is 11.3 Å². The van der Waals surface area contributed by atoms with Gasteiger partial charge in [-0.3, -0.25) is 4.79 Å². The van der Waals surface area contributed by atoms with Gasteiger partial charge in [-0.2, -0.15) is 0 Å². The molecule has 0 radical (unpaired) electrons. The van der Waals surface area contributed by atoms with Crippen LogP contribution in [-0.4, -0.2) is 17.4 Å². The fourth-order valence-electron chi connectivity index (χ4n) is 1.96. The number of aromatic nitrogens is 1. The minimum Gasteiger partial charge on any atom is -0.458 e. The van der Waals surface area contributed by atoms with Gasteiger partial charge in [0.2, 0.25) is 0 Å². The topological polar surface area (TPSA) is 55.1 Å². The SMILES string of the molecule is O=C(NCCc1csc(-c2ccccc2)n1)c1cc(Br)co1. The monoisotopic (exact) mass is 376 g/mol. The molecule has 0 atom stereocenters. The predicted octanol–water partition coefficient (Wildman–Crippen LogP) is 4.14. The largest absolute Gasteiger partial charge is 0.458 e. The Kier molecular flexibility index (Phi) is 4.70. The van der Waals surface area contributed by atoms with Crippen LogP contribution in [0.3, 0.4) is 0 Å². The maximum atomic E-state index is 11.8. The maximum absolute atomic E-state index is 11.8. The second kappa shape index (κ2) is 6.89. The number of nitrogens with zero attached hydrogens (tertiary/aromatic N) is 1. The number of halogens is 1. The molecule has 1 amide bonds. The normalized spacial score (nSPS) is 10.6. The average molecular weight is 377 g/mol. The molecular formula is C16H13BrN2O2S. The van der Waals surface area contributed by atoms with Gasteiger partial charge >= 0.3 is 0 Å². The van der Waals surface area contributed by atoms with Crippen LogP contribution in [0.25, 0.3) is 10.6 Å². The molecule has 1 N–H and O–H groups in total. The Labute approximate surface area is 140 Å². The first kappa shape index (κ1) is 15.0. The van der Waals surface area contributed by atoms with E-state index in [9.17, 15) is 4.79 Å². The number of thiazole rings is 1. The highest BCUT2D eigenvalue weighted by Crippen LogP contribution is 2.23. The summed E-state index contributed by atoms with van der Waals surface area (Å²) in [5.74, 6) is 0.0827. The molecule has 0 saturated heterocycles. The number of amides is 1. The summed E-state index contributed by atoms with van der Waals surface area (Å²) >= 11 is 4.86. The fraction of sp³-hybridized carbons (Fsp3) is 0.125. The van der Waals surface area contributed by atoms with Gasteiger partial charge in [0.15, 0.2) is 5.76 Å². The lowest BCUT2D eigenvalue weighted by atomic mass is 10.2. The van der Waals surface area contributed by atoms with Crippen LogP contribution >= 0.6 is 27.3 Å². The molecule has 0 fully saturated rings. The molecule has 0 bridgehead atoms. The lowest BCUT2D eigenvalue weighted by Crippen LogP contribution is -2.25. The van der Waals surface area contributed by atoms with Gasteiger partial charge in [0.25, 0.3) is 5.91 Å². The van der Waals surface area contributed by atoms with Crippen LogP contribution in [-0.2, 0) is 6.42 Å². The van der Waals surface area contributed by atoms with Gasteiger partial charge in [0, 0.05) is 30.0 Å². The zero-order valence-electron chi connectivity index (χ0n) is 11.6. The van der Waals surface area contributed by atoms with Gasteiger partial charge in [-0.05, 0) is 15.9 Å². The number of hydrogen-bond donors (Lipinski definition) is 1. The molecule has 6 heteroatoms. The summed E-state index contributed by atoms with van der Waals surface area (Å²) in [5.41, 5.74) is 2.09. The smallest absolute Gasteiger partial charge is 0.287 e. The van der Waals surface area contributed by atoms with Crippen LogP contribution in [0.4, 0.5) is 0 Å². The van der Waals surface area contributed by atoms with Crippen molar-refractivity contribution < 1.29 is 9.21 Å². The van der Waals surface area contributed by atoms with Gasteiger partial charge < -0.3 is 9.73 Å². The highest BCUT2D eigenvalue weighted by atomic mass is 79.9. The van der Waals surface area contributed by atoms with E-state index in [2.05, 4.69) is 26.2 Å². The molecule has 22 heavy (non-hydrogen) atoms. The molecular weight excluding hydrogens is 364 g/mol. The van der Waals surface area contributed by atoms with Crippen molar-refractivity contribution in [2.75, 3.05) is 6.54 Å². The summed E-state index contributed by atoms with van der Waals surface area (Å²) in [7, 11) is 0. The maximum Gasteiger partial charge on any atom is 0.287 e. The van der Waals surface area contributed by atoms with Crippen LogP contribution in [0.5, 0.6) is 0 Å². The molecule has 0 saturated carbocycles. The zero-order valence-corrected chi connectivity index (χ0v) is 14.0. The number of carbonyl (C=O) groups is 1. The van der Waals surface area contributed by atoms with Crippen molar-refractivity contribution in [3.8, 4) is 10.6 Å². The molecule has 1 aromatic carbocycles. The quantitative estimate of drug-likeness (QED) is 0.727. The van der Waals surface area contributed by atoms with Crippen molar-refractivity contribution in [2.45, 2.75) is 6.42 Å². The molecule has 0 aliphatic rings. The lowest BCUT2D eigenvalue weighted by molar-refractivity contribution is 0.0926. The van der Waals surface area contributed by atoms with E-state index in [1.54, 1.807) is 17.4 Å². The Hall–Kier alpha value is -1.92. The summed E-state index contributed by atoms with van der Waals surface area (Å²) < 4.78 is 5.87. The van der Waals surface area contributed by atoms with E-state index >= 15 is 0 Å². The van der Waals surface area contributed by atoms with E-state index in [0.29, 0.717) is 18.7 Å². The highest BCUT2D eigenvalue weighted by molar-refractivity contribution is 9.10. The average Bonchev–Trinajstić information content (AvgIpc) is 3.17. The second-order valence-corrected chi connectivity index (χ2v) is 6.42. The number of furan rings is 1. The third kappa shape index (κ3) is 3.64. The van der Waals surface area contributed by atoms with Crippen LogP contribution in [0, 0.1) is 0 Å². The summed E-state index contributed by atoms with van der Waals surface area (Å²) in [4.78, 5) is 16.4. The molecule has 112 valence electrons. The van der Waals surface area contributed by atoms with E-state index in [1.807, 2.05) is 35.7 Å². The van der Waals surface area contributed by atoms with E-state index in [4.69, 9.17) is 4.42 Å². The van der Waals surface area contributed by atoms with Crippen molar-refractivity contribution in [1.82, 2.24) is 10.3 Å². The standard InChI is InChI=1S/C16H13BrN2O2S/c17-12-8-14(21-9-12)15(20)18-7-6-13-10-22-16(19-13)11-4-2-1-3-5-11/h1-5,8-10H,6-7H2,(H,18,20). The first-order valence-electron chi connectivity index (χ1n) is 6.74. The highest BCUT2D eigenvalue weighted by Gasteiger charge is 2.10. The molecule has 0 unspecified atom stereocenters. The molecule has 2 heterocycles. The van der Waals surface area contributed by atoms with E-state index < -0.39 is 0 Å². The van der Waals surface area contributed by atoms with Gasteiger partial charge in [-0.25, -0.2) is 4.98 Å². The Balaban J connectivity index is 1.54. The molecule has 2 aromatic heterocycles. The first-order chi connectivity index (χ1) is 10.7. The number of nitrogens with one attached hydrogen (secondary N) is 1. The molecule has 0 spiro atoms. The Morgan fingerprint density at radius 3 is 2.86 bits per heavy atom. The van der Waals surface area contributed by atoms with Crippen LogP contribution in [0.15, 0.2) is 56.9 Å². The Morgan fingerprint density at radius 1 is 1.32 bits per heavy atom. The van der Waals surface area contributed by atoms with Crippen molar-refractivity contribution >= 4 is 33.2 Å². The van der Waals surface area contributed by atoms with Crippen molar-refractivity contribution in [1.29, 1.82) is 0 Å². The molecule has 4 nitrogen and oxygen atoms in total. The minimum absolute atomic E-state index is 0.218. The Morgan fingerprint density at radius 2 is 2.14 bits per heavy atom. The molecule has 3 aromatic rings. The minimum atomic E-state index is -0.218. The summed E-state index contributed by atoms with van der Waals surface area (Å²) in [5, 5.41) is 5.84. The zero-order chi connectivity index (χ0) is 15.4. The van der Waals surface area contributed by atoms with Crippen LogP contribution in [0.2, 0.25) is 0 Å². The number of hydrogen-bond acceptors (Lipinski definition) is 4. The number of carbonyl (C=O) groups excluding carboxylic acids is 1.